The molecule has 0 spiro atoms. The molecule has 3 aromatic rings. The van der Waals surface area contributed by atoms with Gasteiger partial charge in [0.15, 0.2) is 0 Å². The van der Waals surface area contributed by atoms with Gasteiger partial charge in [0.05, 0.1) is 16.8 Å². The number of benzene rings is 2. The number of hydrogen-bond acceptors (Lipinski definition) is 5. The number of alkyl halides is 3. The Hall–Kier alpha value is -3.56. The largest absolute Gasteiger partial charge is 0.465 e. The molecule has 0 fully saturated rings. The average molecular weight is 462 g/mol. The highest BCUT2D eigenvalue weighted by atomic mass is 19.4. The summed E-state index contributed by atoms with van der Waals surface area (Å²) in [4.78, 5) is 13.0. The topological polar surface area (TPSA) is 91.5 Å². The molecule has 7 nitrogen and oxygen atoms in total. The van der Waals surface area contributed by atoms with Gasteiger partial charge < -0.3 is 14.8 Å². The molecule has 0 radical (unpaired) electrons. The van der Waals surface area contributed by atoms with Crippen LogP contribution in [0.1, 0.15) is 39.1 Å². The molecule has 176 valence electrons. The standard InChI is InChI=1S/C23H25F3N4O3/c1-14(22(2,3)4)30(21(31)32)13-19-28-29-20(33-19)17-7-5-6-8-18(17)27-16-11-9-15(10-12-16)23(24,25)26/h5-12,14,27H,13H2,1-4H3,(H,31,32). The van der Waals surface area contributed by atoms with Crippen LogP contribution in [-0.4, -0.2) is 32.3 Å². The number of rotatable bonds is 6. The highest BCUT2D eigenvalue weighted by Crippen LogP contribution is 2.33. The molecule has 1 heterocycles. The van der Waals surface area contributed by atoms with Crippen LogP contribution in [-0.2, 0) is 12.7 Å². The van der Waals surface area contributed by atoms with Crippen molar-refractivity contribution in [2.75, 3.05) is 5.32 Å². The molecule has 0 saturated heterocycles. The summed E-state index contributed by atoms with van der Waals surface area (Å²) >= 11 is 0. The second kappa shape index (κ2) is 9.13. The van der Waals surface area contributed by atoms with Crippen molar-refractivity contribution in [3.05, 3.63) is 60.0 Å². The number of carbonyl (C=O) groups is 1. The number of halogens is 3. The number of carboxylic acid groups (broad SMARTS) is 1. The van der Waals surface area contributed by atoms with Gasteiger partial charge in [-0.1, -0.05) is 32.9 Å². The lowest BCUT2D eigenvalue weighted by Gasteiger charge is -2.35. The third-order valence-corrected chi connectivity index (χ3v) is 5.39. The molecule has 0 aliphatic heterocycles. The zero-order valence-electron chi connectivity index (χ0n) is 18.6. The summed E-state index contributed by atoms with van der Waals surface area (Å²) in [6.07, 6.45) is -5.51. The van der Waals surface area contributed by atoms with Crippen LogP contribution in [0, 0.1) is 5.41 Å². The smallest absolute Gasteiger partial charge is 0.416 e. The minimum atomic E-state index is -4.41. The van der Waals surface area contributed by atoms with Crippen molar-refractivity contribution in [1.82, 2.24) is 15.1 Å². The minimum Gasteiger partial charge on any atom is -0.465 e. The second-order valence-corrected chi connectivity index (χ2v) is 8.70. The van der Waals surface area contributed by atoms with Gasteiger partial charge in [-0.25, -0.2) is 4.79 Å². The van der Waals surface area contributed by atoms with E-state index in [0.717, 1.165) is 12.1 Å². The monoisotopic (exact) mass is 462 g/mol. The van der Waals surface area contributed by atoms with E-state index in [4.69, 9.17) is 4.42 Å². The van der Waals surface area contributed by atoms with Crippen molar-refractivity contribution in [2.45, 2.75) is 46.5 Å². The Morgan fingerprint density at radius 1 is 1.09 bits per heavy atom. The zero-order valence-corrected chi connectivity index (χ0v) is 18.6. The Labute approximate surface area is 189 Å². The molecular formula is C23H25F3N4O3. The molecule has 0 saturated carbocycles. The maximum Gasteiger partial charge on any atom is 0.416 e. The highest BCUT2D eigenvalue weighted by molar-refractivity contribution is 5.76. The van der Waals surface area contributed by atoms with Gasteiger partial charge in [0.25, 0.3) is 0 Å². The lowest BCUT2D eigenvalue weighted by molar-refractivity contribution is -0.137. The summed E-state index contributed by atoms with van der Waals surface area (Å²) in [6.45, 7) is 7.56. The minimum absolute atomic E-state index is 0.0741. The fourth-order valence-electron chi connectivity index (χ4n) is 3.09. The summed E-state index contributed by atoms with van der Waals surface area (Å²) in [5, 5.41) is 20.7. The number of aromatic nitrogens is 2. The first-order valence-corrected chi connectivity index (χ1v) is 10.2. The maximum atomic E-state index is 12.8. The van der Waals surface area contributed by atoms with Crippen LogP contribution in [0.5, 0.6) is 0 Å². The summed E-state index contributed by atoms with van der Waals surface area (Å²) in [5.74, 6) is 0.293. The molecule has 1 unspecified atom stereocenters. The van der Waals surface area contributed by atoms with Gasteiger partial charge in [-0.05, 0) is 48.7 Å². The van der Waals surface area contributed by atoms with E-state index in [0.29, 0.717) is 16.9 Å². The second-order valence-electron chi connectivity index (χ2n) is 8.70. The quantitative estimate of drug-likeness (QED) is 0.440. The van der Waals surface area contributed by atoms with Gasteiger partial charge in [-0.2, -0.15) is 13.2 Å². The van der Waals surface area contributed by atoms with Gasteiger partial charge in [0, 0.05) is 11.7 Å². The number of anilines is 2. The fraction of sp³-hybridized carbons (Fsp3) is 0.348. The molecule has 0 bridgehead atoms. The number of nitrogens with zero attached hydrogens (tertiary/aromatic N) is 3. The van der Waals surface area contributed by atoms with E-state index in [2.05, 4.69) is 15.5 Å². The summed E-state index contributed by atoms with van der Waals surface area (Å²) in [5.41, 5.74) is 0.494. The van der Waals surface area contributed by atoms with E-state index in [1.165, 1.54) is 17.0 Å². The molecule has 2 N–H and O–H groups in total. The van der Waals surface area contributed by atoms with Gasteiger partial charge in [0.2, 0.25) is 11.8 Å². The van der Waals surface area contributed by atoms with Crippen LogP contribution in [0.3, 0.4) is 0 Å². The van der Waals surface area contributed by atoms with Crippen LogP contribution in [0.4, 0.5) is 29.3 Å². The van der Waals surface area contributed by atoms with E-state index in [9.17, 15) is 23.1 Å². The average Bonchev–Trinajstić information content (AvgIpc) is 3.19. The van der Waals surface area contributed by atoms with Crippen LogP contribution in [0.25, 0.3) is 11.5 Å². The third kappa shape index (κ3) is 5.82. The van der Waals surface area contributed by atoms with E-state index in [-0.39, 0.29) is 29.8 Å². The molecular weight excluding hydrogens is 437 g/mol. The Balaban J connectivity index is 1.83. The van der Waals surface area contributed by atoms with Crippen molar-refractivity contribution in [3.8, 4) is 11.5 Å². The third-order valence-electron chi connectivity index (χ3n) is 5.39. The molecule has 0 aliphatic carbocycles. The predicted molar refractivity (Wildman–Crippen MR) is 117 cm³/mol. The van der Waals surface area contributed by atoms with Gasteiger partial charge in [-0.15, -0.1) is 10.2 Å². The molecule has 2 aromatic carbocycles. The highest BCUT2D eigenvalue weighted by Gasteiger charge is 2.31. The first-order chi connectivity index (χ1) is 15.4. The van der Waals surface area contributed by atoms with Crippen molar-refractivity contribution in [1.29, 1.82) is 0 Å². The van der Waals surface area contributed by atoms with Gasteiger partial charge in [-0.3, -0.25) is 4.90 Å². The predicted octanol–water partition coefficient (Wildman–Crippen LogP) is 6.41. The van der Waals surface area contributed by atoms with Crippen molar-refractivity contribution >= 4 is 17.5 Å². The van der Waals surface area contributed by atoms with Crippen LogP contribution in [0.2, 0.25) is 0 Å². The lowest BCUT2D eigenvalue weighted by atomic mass is 9.87. The van der Waals surface area contributed by atoms with Gasteiger partial charge in [0.1, 0.15) is 6.54 Å². The molecule has 1 aromatic heterocycles. The number of para-hydroxylation sites is 1. The molecule has 3 rings (SSSR count). The Morgan fingerprint density at radius 3 is 2.30 bits per heavy atom. The normalized spacial score (nSPS) is 12.9. The summed E-state index contributed by atoms with van der Waals surface area (Å²) in [7, 11) is 0. The van der Waals surface area contributed by atoms with Crippen molar-refractivity contribution < 1.29 is 27.5 Å². The van der Waals surface area contributed by atoms with Gasteiger partial charge >= 0.3 is 12.3 Å². The molecule has 0 aliphatic rings. The molecule has 1 atom stereocenters. The maximum absolute atomic E-state index is 12.8. The summed E-state index contributed by atoms with van der Waals surface area (Å²) < 4.78 is 44.1. The first-order valence-electron chi connectivity index (χ1n) is 10.2. The zero-order chi connectivity index (χ0) is 24.4. The van der Waals surface area contributed by atoms with E-state index >= 15 is 0 Å². The first kappa shape index (κ1) is 24.1. The van der Waals surface area contributed by atoms with E-state index < -0.39 is 17.8 Å². The van der Waals surface area contributed by atoms with Crippen molar-refractivity contribution in [2.24, 2.45) is 5.41 Å². The van der Waals surface area contributed by atoms with Crippen LogP contribution in [0.15, 0.2) is 52.9 Å². The Morgan fingerprint density at radius 2 is 1.73 bits per heavy atom. The molecule has 1 amide bonds. The summed E-state index contributed by atoms with van der Waals surface area (Å²) in [6, 6.07) is 11.3. The van der Waals surface area contributed by atoms with Crippen LogP contribution < -0.4 is 5.32 Å². The number of amides is 1. The van der Waals surface area contributed by atoms with E-state index in [1.54, 1.807) is 24.3 Å². The van der Waals surface area contributed by atoms with Crippen LogP contribution >= 0.6 is 0 Å². The van der Waals surface area contributed by atoms with Crippen molar-refractivity contribution in [3.63, 3.8) is 0 Å². The van der Waals surface area contributed by atoms with E-state index in [1.807, 2.05) is 27.7 Å². The lowest BCUT2D eigenvalue weighted by Crippen LogP contribution is -2.44. The Bertz CT molecular complexity index is 1110. The number of hydrogen-bond donors (Lipinski definition) is 2. The SMILES string of the molecule is CC(N(Cc1nnc(-c2ccccc2Nc2ccc(C(F)(F)F)cc2)o1)C(=O)O)C(C)(C)C. The molecule has 33 heavy (non-hydrogen) atoms. The fourth-order valence-corrected chi connectivity index (χ4v) is 3.09. The molecule has 10 heteroatoms. The number of nitrogens with one attached hydrogen (secondary N) is 1. The Kier molecular flexibility index (Phi) is 6.66.